The summed E-state index contributed by atoms with van der Waals surface area (Å²) < 4.78 is 26.4. The summed E-state index contributed by atoms with van der Waals surface area (Å²) in [7, 11) is -3.58. The third kappa shape index (κ3) is 7.50. The first-order chi connectivity index (χ1) is 18.2. The fraction of sp³-hybridized carbons (Fsp3) is 0.333. The van der Waals surface area contributed by atoms with Crippen LogP contribution in [0, 0.1) is 11.8 Å². The lowest BCUT2D eigenvalue weighted by Gasteiger charge is -2.35. The molecule has 200 valence electrons. The van der Waals surface area contributed by atoms with Gasteiger partial charge in [-0.25, -0.2) is 18.1 Å². The van der Waals surface area contributed by atoms with Crippen LogP contribution in [0.3, 0.4) is 0 Å². The number of aliphatic hydroxyl groups excluding tert-OH is 1. The van der Waals surface area contributed by atoms with Gasteiger partial charge in [-0.1, -0.05) is 36.1 Å². The smallest absolute Gasteiger partial charge is 0.293 e. The third-order valence-electron chi connectivity index (χ3n) is 6.34. The van der Waals surface area contributed by atoms with Crippen LogP contribution in [0.5, 0.6) is 5.75 Å². The lowest BCUT2D eigenvalue weighted by Crippen LogP contribution is -2.52. The number of hydrogen-bond donors (Lipinski definition) is 5. The molecule has 2 aromatic carbocycles. The summed E-state index contributed by atoms with van der Waals surface area (Å²) in [5, 5.41) is 22.9. The highest BCUT2D eigenvalue weighted by Crippen LogP contribution is 2.22. The molecule has 3 aromatic rings. The number of benzene rings is 2. The molecule has 4 rings (SSSR count). The Balaban J connectivity index is 1.45. The molecule has 0 spiro atoms. The van der Waals surface area contributed by atoms with Gasteiger partial charge in [0.15, 0.2) is 0 Å². The normalized spacial score (nSPS) is 16.9. The number of aromatic nitrogens is 2. The van der Waals surface area contributed by atoms with Crippen molar-refractivity contribution in [3.8, 4) is 17.6 Å². The van der Waals surface area contributed by atoms with Crippen molar-refractivity contribution in [2.75, 3.05) is 32.5 Å². The molecule has 0 bridgehead atoms. The number of nitrogens with one attached hydrogen (secondary N) is 3. The van der Waals surface area contributed by atoms with Gasteiger partial charge in [0, 0.05) is 49.8 Å². The number of sulfonamides is 1. The molecule has 5 N–H and O–H groups in total. The molecule has 1 fully saturated rings. The first-order valence-corrected chi connectivity index (χ1v) is 14.1. The van der Waals surface area contributed by atoms with Gasteiger partial charge in [-0.15, -0.1) is 0 Å². The molecule has 0 saturated carbocycles. The maximum Gasteiger partial charge on any atom is 0.293 e. The molecule has 10 nitrogen and oxygen atoms in total. The summed E-state index contributed by atoms with van der Waals surface area (Å²) in [5.41, 5.74) is 2.81. The molecular formula is C27H31N5O5S. The van der Waals surface area contributed by atoms with Crippen LogP contribution in [-0.2, 0) is 23.0 Å². The van der Waals surface area contributed by atoms with E-state index in [4.69, 9.17) is 0 Å². The predicted molar refractivity (Wildman–Crippen MR) is 144 cm³/mol. The molecule has 0 aliphatic carbocycles. The van der Waals surface area contributed by atoms with E-state index in [-0.39, 0.29) is 24.8 Å². The summed E-state index contributed by atoms with van der Waals surface area (Å²) in [6, 6.07) is 14.5. The number of hydrogen-bond acceptors (Lipinski definition) is 8. The van der Waals surface area contributed by atoms with Crippen molar-refractivity contribution in [2.45, 2.75) is 25.0 Å². The van der Waals surface area contributed by atoms with E-state index in [0.717, 1.165) is 55.5 Å². The van der Waals surface area contributed by atoms with Gasteiger partial charge in [0.1, 0.15) is 0 Å². The molecule has 2 heterocycles. The Bertz CT molecular complexity index is 1460. The molecule has 11 heteroatoms. The monoisotopic (exact) mass is 537 g/mol. The number of aromatic amines is 1. The Hall–Kier alpha value is -3.53. The number of aromatic hydroxyl groups is 1. The Kier molecular flexibility index (Phi) is 8.93. The van der Waals surface area contributed by atoms with Crippen LogP contribution >= 0.6 is 0 Å². The maximum absolute atomic E-state index is 11.9. The van der Waals surface area contributed by atoms with E-state index in [1.807, 2.05) is 24.3 Å². The molecule has 0 radical (unpaired) electrons. The summed E-state index contributed by atoms with van der Waals surface area (Å²) >= 11 is 0. The SMILES string of the molecule is CS(=O)(=O)NC(Cc1nc[nH]c(=O)c1O)c1ccc(C#Cc2ccc(CN3CCNC[C@H]3CO)cc2)cc1. The molecule has 1 saturated heterocycles. The predicted octanol–water partition coefficient (Wildman–Crippen LogP) is 0.474. The number of H-pyrrole nitrogens is 1. The second-order valence-corrected chi connectivity index (χ2v) is 11.0. The van der Waals surface area contributed by atoms with Crippen molar-refractivity contribution in [1.29, 1.82) is 0 Å². The van der Waals surface area contributed by atoms with Crippen molar-refractivity contribution >= 4 is 10.0 Å². The van der Waals surface area contributed by atoms with E-state index in [0.29, 0.717) is 5.56 Å². The fourth-order valence-electron chi connectivity index (χ4n) is 4.32. The van der Waals surface area contributed by atoms with Crippen LogP contribution in [0.25, 0.3) is 0 Å². The van der Waals surface area contributed by atoms with Crippen LogP contribution < -0.4 is 15.6 Å². The van der Waals surface area contributed by atoms with Gasteiger partial charge in [0.2, 0.25) is 15.8 Å². The highest BCUT2D eigenvalue weighted by Gasteiger charge is 2.22. The molecule has 1 aliphatic heterocycles. The summed E-state index contributed by atoms with van der Waals surface area (Å²) in [6.45, 7) is 3.50. The van der Waals surface area contributed by atoms with E-state index in [1.165, 1.54) is 0 Å². The summed E-state index contributed by atoms with van der Waals surface area (Å²) in [4.78, 5) is 20.2. The van der Waals surface area contributed by atoms with Crippen molar-refractivity contribution in [2.24, 2.45) is 0 Å². The Morgan fingerprint density at radius 2 is 1.79 bits per heavy atom. The largest absolute Gasteiger partial charge is 0.502 e. The second-order valence-electron chi connectivity index (χ2n) is 9.25. The Labute approximate surface area is 221 Å². The minimum Gasteiger partial charge on any atom is -0.502 e. The van der Waals surface area contributed by atoms with Crippen LogP contribution in [0.15, 0.2) is 59.7 Å². The van der Waals surface area contributed by atoms with Crippen LogP contribution in [0.4, 0.5) is 0 Å². The number of rotatable bonds is 8. The molecule has 1 aliphatic rings. The zero-order valence-electron chi connectivity index (χ0n) is 21.0. The molecule has 1 unspecified atom stereocenters. The zero-order valence-corrected chi connectivity index (χ0v) is 21.8. The number of aliphatic hydroxyl groups is 1. The lowest BCUT2D eigenvalue weighted by atomic mass is 10.0. The summed E-state index contributed by atoms with van der Waals surface area (Å²) in [6.07, 6.45) is 2.20. The van der Waals surface area contributed by atoms with Gasteiger partial charge in [-0.3, -0.25) is 9.69 Å². The third-order valence-corrected chi connectivity index (χ3v) is 7.06. The van der Waals surface area contributed by atoms with Gasteiger partial charge < -0.3 is 20.5 Å². The average molecular weight is 538 g/mol. The van der Waals surface area contributed by atoms with Crippen LogP contribution in [0.2, 0.25) is 0 Å². The first-order valence-electron chi connectivity index (χ1n) is 12.2. The van der Waals surface area contributed by atoms with Gasteiger partial charge >= 0.3 is 0 Å². The van der Waals surface area contributed by atoms with E-state index in [2.05, 4.69) is 36.7 Å². The topological polar surface area (TPSA) is 148 Å². The van der Waals surface area contributed by atoms with Crippen LogP contribution in [-0.4, -0.2) is 72.0 Å². The minimum absolute atomic E-state index is 0.00676. The molecule has 38 heavy (non-hydrogen) atoms. The van der Waals surface area contributed by atoms with Gasteiger partial charge in [-0.05, 0) is 35.4 Å². The van der Waals surface area contributed by atoms with E-state index >= 15 is 0 Å². The van der Waals surface area contributed by atoms with Gasteiger partial charge in [0.05, 0.1) is 30.9 Å². The molecule has 1 aromatic heterocycles. The number of nitrogens with zero attached hydrogens (tertiary/aromatic N) is 2. The van der Waals surface area contributed by atoms with E-state index < -0.39 is 27.4 Å². The molecular weight excluding hydrogens is 506 g/mol. The van der Waals surface area contributed by atoms with Crippen LogP contribution in [0.1, 0.15) is 34.0 Å². The zero-order chi connectivity index (χ0) is 27.1. The minimum atomic E-state index is -3.58. The van der Waals surface area contributed by atoms with Crippen molar-refractivity contribution in [3.63, 3.8) is 0 Å². The van der Waals surface area contributed by atoms with Gasteiger partial charge in [0.25, 0.3) is 5.56 Å². The van der Waals surface area contributed by atoms with Gasteiger partial charge in [-0.2, -0.15) is 0 Å². The van der Waals surface area contributed by atoms with Crippen molar-refractivity contribution < 1.29 is 18.6 Å². The van der Waals surface area contributed by atoms with Crippen molar-refractivity contribution in [3.05, 3.63) is 93.2 Å². The lowest BCUT2D eigenvalue weighted by molar-refractivity contribution is 0.0946. The highest BCUT2D eigenvalue weighted by molar-refractivity contribution is 7.88. The number of piperazine rings is 1. The average Bonchev–Trinajstić information content (AvgIpc) is 2.90. The Morgan fingerprint density at radius 1 is 1.13 bits per heavy atom. The fourth-order valence-corrected chi connectivity index (χ4v) is 5.06. The molecule has 0 amide bonds. The molecule has 2 atom stereocenters. The Morgan fingerprint density at radius 3 is 2.42 bits per heavy atom. The first kappa shape index (κ1) is 27.5. The van der Waals surface area contributed by atoms with Crippen molar-refractivity contribution in [1.82, 2.24) is 24.9 Å². The maximum atomic E-state index is 11.9. The second kappa shape index (κ2) is 12.3. The van der Waals surface area contributed by atoms with E-state index in [1.54, 1.807) is 24.3 Å². The standard InChI is InChI=1S/C27H31N5O5S/c1-38(36,37)31-24(14-25-26(34)27(35)30-18-29-25)22-10-8-20(9-11-22)3-2-19-4-6-21(7-5-19)16-32-13-12-28-15-23(32)17-33/h4-11,18,23-24,28,31,33-34H,12-17H2,1H3,(H,29,30,35)/t23-,24?/m0/s1. The quantitative estimate of drug-likeness (QED) is 0.261. The highest BCUT2D eigenvalue weighted by atomic mass is 32.2. The summed E-state index contributed by atoms with van der Waals surface area (Å²) in [5.74, 6) is 5.73. The van der Waals surface area contributed by atoms with E-state index in [9.17, 15) is 23.4 Å².